The second-order valence-corrected chi connectivity index (χ2v) is 9.00. The van der Waals surface area contributed by atoms with Crippen LogP contribution in [0.5, 0.6) is 0 Å². The number of benzene rings is 1. The number of carbonyl (C=O) groups excluding carboxylic acids is 2. The van der Waals surface area contributed by atoms with E-state index in [-0.39, 0.29) is 13.0 Å². The van der Waals surface area contributed by atoms with E-state index in [0.29, 0.717) is 16.3 Å². The number of rotatable bonds is 7. The summed E-state index contributed by atoms with van der Waals surface area (Å²) >= 11 is 3.04. The first-order valence-corrected chi connectivity index (χ1v) is 11.0. The zero-order valence-corrected chi connectivity index (χ0v) is 17.6. The maximum absolute atomic E-state index is 12.1. The van der Waals surface area contributed by atoms with Gasteiger partial charge in [0.05, 0.1) is 12.0 Å². The molecule has 1 amide bonds. The van der Waals surface area contributed by atoms with Gasteiger partial charge in [-0.2, -0.15) is 5.26 Å². The van der Waals surface area contributed by atoms with Gasteiger partial charge in [0.15, 0.2) is 6.61 Å². The van der Waals surface area contributed by atoms with Crippen molar-refractivity contribution in [1.29, 1.82) is 5.26 Å². The van der Waals surface area contributed by atoms with Gasteiger partial charge in [0.25, 0.3) is 5.91 Å². The molecule has 0 atom stereocenters. The molecule has 7 heteroatoms. The SMILES string of the molecule is Cc1ccc(SCCC(=O)OCC(=O)Nc2sc3c(c2C#N)CCC3)cc1C. The van der Waals surface area contributed by atoms with Crippen molar-refractivity contribution in [3.05, 3.63) is 45.3 Å². The minimum Gasteiger partial charge on any atom is -0.456 e. The molecular formula is C21H22N2O3S2. The molecule has 0 unspecified atom stereocenters. The van der Waals surface area contributed by atoms with Gasteiger partial charge in [-0.3, -0.25) is 9.59 Å². The molecule has 0 saturated heterocycles. The van der Waals surface area contributed by atoms with Gasteiger partial charge >= 0.3 is 5.97 Å². The zero-order valence-electron chi connectivity index (χ0n) is 16.0. The van der Waals surface area contributed by atoms with Crippen molar-refractivity contribution in [2.75, 3.05) is 17.7 Å². The van der Waals surface area contributed by atoms with Crippen molar-refractivity contribution in [3.8, 4) is 6.07 Å². The molecule has 2 aromatic rings. The molecule has 1 aromatic heterocycles. The number of nitriles is 1. The molecule has 0 radical (unpaired) electrons. The van der Waals surface area contributed by atoms with Gasteiger partial charge in [-0.15, -0.1) is 23.1 Å². The highest BCUT2D eigenvalue weighted by Gasteiger charge is 2.23. The Morgan fingerprint density at radius 3 is 2.86 bits per heavy atom. The number of thiophene rings is 1. The van der Waals surface area contributed by atoms with Crippen LogP contribution in [0.25, 0.3) is 0 Å². The maximum atomic E-state index is 12.1. The lowest BCUT2D eigenvalue weighted by atomic mass is 10.1. The summed E-state index contributed by atoms with van der Waals surface area (Å²) in [5, 5.41) is 12.6. The number of nitrogens with zero attached hydrogens (tertiary/aromatic N) is 1. The third-order valence-electron chi connectivity index (χ3n) is 4.70. The van der Waals surface area contributed by atoms with E-state index in [9.17, 15) is 14.9 Å². The number of fused-ring (bicyclic) bond motifs is 1. The van der Waals surface area contributed by atoms with E-state index in [0.717, 1.165) is 29.7 Å². The van der Waals surface area contributed by atoms with E-state index in [1.807, 2.05) is 6.07 Å². The van der Waals surface area contributed by atoms with Crippen molar-refractivity contribution < 1.29 is 14.3 Å². The standard InChI is InChI=1S/C21H22N2O3S2/c1-13-6-7-15(10-14(13)2)27-9-8-20(25)26-12-19(24)23-21-17(11-22)16-4-3-5-18(16)28-21/h6-7,10H,3-5,8-9,12H2,1-2H3,(H,23,24). The Morgan fingerprint density at radius 2 is 2.11 bits per heavy atom. The fourth-order valence-corrected chi connectivity index (χ4v) is 5.23. The fraction of sp³-hybridized carbons (Fsp3) is 0.381. The minimum absolute atomic E-state index is 0.238. The third kappa shape index (κ3) is 4.94. The Balaban J connectivity index is 1.41. The summed E-state index contributed by atoms with van der Waals surface area (Å²) in [6, 6.07) is 8.39. The van der Waals surface area contributed by atoms with Crippen LogP contribution in [-0.4, -0.2) is 24.2 Å². The summed E-state index contributed by atoms with van der Waals surface area (Å²) in [6.45, 7) is 3.79. The van der Waals surface area contributed by atoms with Gasteiger partial charge in [-0.25, -0.2) is 0 Å². The highest BCUT2D eigenvalue weighted by molar-refractivity contribution is 7.99. The lowest BCUT2D eigenvalue weighted by molar-refractivity contribution is -0.146. The molecule has 146 valence electrons. The van der Waals surface area contributed by atoms with Gasteiger partial charge < -0.3 is 10.1 Å². The zero-order chi connectivity index (χ0) is 20.1. The number of hydrogen-bond donors (Lipinski definition) is 1. The predicted molar refractivity (Wildman–Crippen MR) is 112 cm³/mol. The Kier molecular flexibility index (Phi) is 6.76. The van der Waals surface area contributed by atoms with Crippen LogP contribution < -0.4 is 5.32 Å². The normalized spacial score (nSPS) is 12.3. The molecule has 0 spiro atoms. The topological polar surface area (TPSA) is 79.2 Å². The van der Waals surface area contributed by atoms with Crippen LogP contribution in [0.4, 0.5) is 5.00 Å². The summed E-state index contributed by atoms with van der Waals surface area (Å²) in [5.41, 5.74) is 4.08. The molecule has 1 aliphatic carbocycles. The van der Waals surface area contributed by atoms with Crippen molar-refractivity contribution in [2.45, 2.75) is 44.4 Å². The Bertz CT molecular complexity index is 944. The van der Waals surface area contributed by atoms with E-state index < -0.39 is 11.9 Å². The average Bonchev–Trinajstić information content (AvgIpc) is 3.23. The van der Waals surface area contributed by atoms with Crippen LogP contribution in [0.3, 0.4) is 0 Å². The van der Waals surface area contributed by atoms with Gasteiger partial charge in [-0.05, 0) is 61.9 Å². The molecule has 3 rings (SSSR count). The van der Waals surface area contributed by atoms with E-state index in [2.05, 4.69) is 37.4 Å². The first-order valence-electron chi connectivity index (χ1n) is 9.18. The van der Waals surface area contributed by atoms with E-state index in [1.54, 1.807) is 11.8 Å². The van der Waals surface area contributed by atoms with Gasteiger partial charge in [0, 0.05) is 15.5 Å². The molecule has 1 heterocycles. The van der Waals surface area contributed by atoms with Crippen LogP contribution in [0.2, 0.25) is 0 Å². The molecule has 1 aliphatic rings. The molecule has 0 bridgehead atoms. The molecular weight excluding hydrogens is 392 g/mol. The van der Waals surface area contributed by atoms with Crippen molar-refractivity contribution in [3.63, 3.8) is 0 Å². The molecule has 0 aliphatic heterocycles. The van der Waals surface area contributed by atoms with Crippen LogP contribution in [0.1, 0.15) is 40.0 Å². The molecule has 1 aromatic carbocycles. The number of anilines is 1. The van der Waals surface area contributed by atoms with Crippen LogP contribution in [0.15, 0.2) is 23.1 Å². The average molecular weight is 415 g/mol. The summed E-state index contributed by atoms with van der Waals surface area (Å²) < 4.78 is 5.07. The van der Waals surface area contributed by atoms with E-state index >= 15 is 0 Å². The monoisotopic (exact) mass is 414 g/mol. The van der Waals surface area contributed by atoms with Crippen LogP contribution in [0, 0.1) is 25.2 Å². The van der Waals surface area contributed by atoms with Crippen molar-refractivity contribution >= 4 is 40.0 Å². The maximum Gasteiger partial charge on any atom is 0.307 e. The lowest BCUT2D eigenvalue weighted by Crippen LogP contribution is -2.21. The molecule has 0 saturated carbocycles. The molecule has 1 N–H and O–H groups in total. The van der Waals surface area contributed by atoms with Crippen LogP contribution in [-0.2, 0) is 27.2 Å². The highest BCUT2D eigenvalue weighted by atomic mass is 32.2. The quantitative estimate of drug-likeness (QED) is 0.537. The molecule has 5 nitrogen and oxygen atoms in total. The summed E-state index contributed by atoms with van der Waals surface area (Å²) in [7, 11) is 0. The van der Waals surface area contributed by atoms with E-state index in [4.69, 9.17) is 4.74 Å². The fourth-order valence-electron chi connectivity index (χ4n) is 3.05. The van der Waals surface area contributed by atoms with E-state index in [1.165, 1.54) is 27.3 Å². The molecule has 0 fully saturated rings. The molecule has 28 heavy (non-hydrogen) atoms. The first kappa shape index (κ1) is 20.4. The number of amides is 1. The summed E-state index contributed by atoms with van der Waals surface area (Å²) in [5.74, 6) is -0.216. The number of aryl methyl sites for hydroxylation is 3. The second-order valence-electron chi connectivity index (χ2n) is 6.73. The Hall–Kier alpha value is -2.30. The van der Waals surface area contributed by atoms with Gasteiger partial charge in [-0.1, -0.05) is 6.07 Å². The highest BCUT2D eigenvalue weighted by Crippen LogP contribution is 2.38. The van der Waals surface area contributed by atoms with Crippen LogP contribution >= 0.6 is 23.1 Å². The number of hydrogen-bond acceptors (Lipinski definition) is 6. The Labute approximate surface area is 173 Å². The first-order chi connectivity index (χ1) is 13.5. The number of carbonyl (C=O) groups is 2. The van der Waals surface area contributed by atoms with Gasteiger partial charge in [0.2, 0.25) is 0 Å². The van der Waals surface area contributed by atoms with Crippen molar-refractivity contribution in [2.24, 2.45) is 0 Å². The number of esters is 1. The predicted octanol–water partition coefficient (Wildman–Crippen LogP) is 4.39. The Morgan fingerprint density at radius 1 is 1.29 bits per heavy atom. The number of ether oxygens (including phenoxy) is 1. The van der Waals surface area contributed by atoms with Crippen molar-refractivity contribution in [1.82, 2.24) is 0 Å². The largest absolute Gasteiger partial charge is 0.456 e. The lowest BCUT2D eigenvalue weighted by Gasteiger charge is -2.07. The minimum atomic E-state index is -0.411. The number of thioether (sulfide) groups is 1. The summed E-state index contributed by atoms with van der Waals surface area (Å²) in [4.78, 5) is 26.3. The summed E-state index contributed by atoms with van der Waals surface area (Å²) in [6.07, 6.45) is 3.14. The van der Waals surface area contributed by atoms with Gasteiger partial charge in [0.1, 0.15) is 11.1 Å². The number of nitrogens with one attached hydrogen (secondary N) is 1. The third-order valence-corrected chi connectivity index (χ3v) is 6.91. The smallest absolute Gasteiger partial charge is 0.307 e. The second kappa shape index (κ2) is 9.26.